The van der Waals surface area contributed by atoms with Crippen LogP contribution in [0.3, 0.4) is 0 Å². The van der Waals surface area contributed by atoms with E-state index in [1.165, 1.54) is 0 Å². The number of hydrogen-bond acceptors (Lipinski definition) is 4. The lowest BCUT2D eigenvalue weighted by Crippen LogP contribution is -3.12. The van der Waals surface area contributed by atoms with Gasteiger partial charge in [0.05, 0.1) is 21.3 Å². The van der Waals surface area contributed by atoms with Gasteiger partial charge in [-0.3, -0.25) is 10.1 Å². The minimum Gasteiger partial charge on any atom is -0.497 e. The molecule has 21 heavy (non-hydrogen) atoms. The smallest absolute Gasteiger partial charge is 0.319 e. The maximum Gasteiger partial charge on any atom is 0.319 e. The Hall–Kier alpha value is -2.28. The van der Waals surface area contributed by atoms with E-state index in [2.05, 4.69) is 5.32 Å². The molecule has 7 heteroatoms. The highest BCUT2D eigenvalue weighted by molar-refractivity contribution is 5.95. The third kappa shape index (κ3) is 4.64. The second-order valence-electron chi connectivity index (χ2n) is 4.78. The van der Waals surface area contributed by atoms with Crippen LogP contribution in [0.1, 0.15) is 12.5 Å². The summed E-state index contributed by atoms with van der Waals surface area (Å²) in [4.78, 5) is 23.4. The molecule has 2 atom stereocenters. The number of imide groups is 1. The van der Waals surface area contributed by atoms with E-state index in [0.29, 0.717) is 18.0 Å². The van der Waals surface area contributed by atoms with Crippen LogP contribution in [0.25, 0.3) is 0 Å². The topological polar surface area (TPSA) is 95.1 Å². The largest absolute Gasteiger partial charge is 0.497 e. The van der Waals surface area contributed by atoms with Crippen LogP contribution >= 0.6 is 0 Å². The summed E-state index contributed by atoms with van der Waals surface area (Å²) in [5.41, 5.74) is 5.89. The molecule has 0 bridgehead atoms. The summed E-state index contributed by atoms with van der Waals surface area (Å²) < 4.78 is 10.5. The van der Waals surface area contributed by atoms with E-state index in [-0.39, 0.29) is 0 Å². The van der Waals surface area contributed by atoms with Gasteiger partial charge in [0.1, 0.15) is 18.0 Å². The summed E-state index contributed by atoms with van der Waals surface area (Å²) in [6.45, 7) is 2.28. The first-order valence-corrected chi connectivity index (χ1v) is 6.52. The molecule has 0 saturated carbocycles. The fourth-order valence-electron chi connectivity index (χ4n) is 1.90. The zero-order chi connectivity index (χ0) is 16.0. The predicted molar refractivity (Wildman–Crippen MR) is 77.3 cm³/mol. The van der Waals surface area contributed by atoms with Crippen molar-refractivity contribution in [1.29, 1.82) is 0 Å². The van der Waals surface area contributed by atoms with E-state index in [0.717, 1.165) is 10.5 Å². The summed E-state index contributed by atoms with van der Waals surface area (Å²) in [5, 5.41) is 2.08. The van der Waals surface area contributed by atoms with Crippen LogP contribution in [0.2, 0.25) is 0 Å². The number of nitrogens with two attached hydrogens (primary N) is 1. The molecule has 116 valence electrons. The van der Waals surface area contributed by atoms with Crippen LogP contribution in [0.5, 0.6) is 11.5 Å². The molecule has 0 aliphatic rings. The van der Waals surface area contributed by atoms with Crippen molar-refractivity contribution in [3.8, 4) is 11.5 Å². The molecule has 1 aromatic carbocycles. The quantitative estimate of drug-likeness (QED) is 0.647. The van der Waals surface area contributed by atoms with Crippen LogP contribution in [-0.2, 0) is 11.3 Å². The highest BCUT2D eigenvalue weighted by atomic mass is 16.5. The van der Waals surface area contributed by atoms with Crippen molar-refractivity contribution in [2.24, 2.45) is 5.73 Å². The predicted octanol–water partition coefficient (Wildman–Crippen LogP) is -0.698. The van der Waals surface area contributed by atoms with Crippen LogP contribution in [-0.4, -0.2) is 39.2 Å². The number of urea groups is 1. The van der Waals surface area contributed by atoms with Crippen molar-refractivity contribution < 1.29 is 24.0 Å². The SMILES string of the molecule is COc1ccc(C[NH+](C)[C@@H](C)C(=O)NC(N)=O)c(OC)c1. The molecular weight excluding hydrogens is 274 g/mol. The number of ether oxygens (including phenoxy) is 2. The number of carbonyl (C=O) groups excluding carboxylic acids is 2. The minimum absolute atomic E-state index is 0.410. The van der Waals surface area contributed by atoms with E-state index in [1.54, 1.807) is 27.2 Å². The number of likely N-dealkylation sites (N-methyl/N-ethyl adjacent to an activating group) is 1. The first-order chi connectivity index (χ1) is 9.88. The number of benzene rings is 1. The van der Waals surface area contributed by atoms with Crippen molar-refractivity contribution in [3.63, 3.8) is 0 Å². The molecule has 0 spiro atoms. The van der Waals surface area contributed by atoms with Gasteiger partial charge in [0.25, 0.3) is 5.91 Å². The maximum absolute atomic E-state index is 11.8. The number of nitrogens with one attached hydrogen (secondary N) is 2. The van der Waals surface area contributed by atoms with Crippen LogP contribution in [0.15, 0.2) is 18.2 Å². The van der Waals surface area contributed by atoms with Crippen LogP contribution in [0.4, 0.5) is 4.79 Å². The number of methoxy groups -OCH3 is 2. The Balaban J connectivity index is 2.80. The highest BCUT2D eigenvalue weighted by Crippen LogP contribution is 2.23. The summed E-state index contributed by atoms with van der Waals surface area (Å²) >= 11 is 0. The molecule has 0 aliphatic carbocycles. The standard InChI is InChI=1S/C14H21N3O4/c1-9(13(18)16-14(15)19)17(2)8-10-5-6-11(20-3)7-12(10)21-4/h5-7,9H,8H2,1-4H3,(H3,15,16,18,19)/p+1/t9-/m0/s1. The van der Waals surface area contributed by atoms with Crippen molar-refractivity contribution in [2.45, 2.75) is 19.5 Å². The van der Waals surface area contributed by atoms with Gasteiger partial charge < -0.3 is 20.1 Å². The number of primary amides is 1. The average molecular weight is 296 g/mol. The van der Waals surface area contributed by atoms with Crippen molar-refractivity contribution in [3.05, 3.63) is 23.8 Å². The molecule has 1 unspecified atom stereocenters. The molecule has 0 heterocycles. The number of amides is 3. The van der Waals surface area contributed by atoms with Crippen molar-refractivity contribution >= 4 is 11.9 Å². The summed E-state index contributed by atoms with van der Waals surface area (Å²) in [6, 6.07) is 4.24. The molecule has 3 amide bonds. The second kappa shape index (κ2) is 7.49. The molecule has 0 aliphatic heterocycles. The molecule has 0 saturated heterocycles. The Morgan fingerprint density at radius 3 is 2.52 bits per heavy atom. The molecule has 1 aromatic rings. The summed E-state index contributed by atoms with van der Waals surface area (Å²) in [5.74, 6) is 0.983. The van der Waals surface area contributed by atoms with Gasteiger partial charge in [0.15, 0.2) is 6.04 Å². The van der Waals surface area contributed by atoms with Gasteiger partial charge >= 0.3 is 6.03 Å². The minimum atomic E-state index is -0.846. The third-order valence-electron chi connectivity index (χ3n) is 3.34. The molecule has 1 rings (SSSR count). The Bertz CT molecular complexity index is 519. The number of rotatable bonds is 6. The maximum atomic E-state index is 11.8. The number of carbonyl (C=O) groups is 2. The highest BCUT2D eigenvalue weighted by Gasteiger charge is 2.24. The zero-order valence-corrected chi connectivity index (χ0v) is 12.7. The lowest BCUT2D eigenvalue weighted by molar-refractivity contribution is -0.908. The number of hydrogen-bond donors (Lipinski definition) is 3. The van der Waals surface area contributed by atoms with Gasteiger partial charge in [-0.1, -0.05) is 0 Å². The zero-order valence-electron chi connectivity index (χ0n) is 12.7. The van der Waals surface area contributed by atoms with Crippen LogP contribution < -0.4 is 25.4 Å². The second-order valence-corrected chi connectivity index (χ2v) is 4.78. The van der Waals surface area contributed by atoms with Gasteiger partial charge in [-0.15, -0.1) is 0 Å². The summed E-state index contributed by atoms with van der Waals surface area (Å²) in [6.07, 6.45) is 0. The summed E-state index contributed by atoms with van der Waals surface area (Å²) in [7, 11) is 5.02. The molecule has 0 fully saturated rings. The first kappa shape index (κ1) is 16.8. The van der Waals surface area contributed by atoms with E-state index < -0.39 is 18.0 Å². The normalized spacial score (nSPS) is 13.1. The van der Waals surface area contributed by atoms with Gasteiger partial charge in [-0.2, -0.15) is 0 Å². The average Bonchev–Trinajstić information content (AvgIpc) is 2.45. The molecule has 4 N–H and O–H groups in total. The van der Waals surface area contributed by atoms with Crippen molar-refractivity contribution in [2.75, 3.05) is 21.3 Å². The van der Waals surface area contributed by atoms with Crippen molar-refractivity contribution in [1.82, 2.24) is 5.32 Å². The Kier molecular flexibility index (Phi) is 5.98. The monoisotopic (exact) mass is 296 g/mol. The van der Waals surface area contributed by atoms with Gasteiger partial charge in [-0.05, 0) is 19.1 Å². The Morgan fingerprint density at radius 2 is 2.00 bits per heavy atom. The van der Waals surface area contributed by atoms with Crippen LogP contribution in [0, 0.1) is 0 Å². The van der Waals surface area contributed by atoms with Gasteiger partial charge in [-0.25, -0.2) is 4.79 Å². The molecule has 0 radical (unpaired) electrons. The lowest BCUT2D eigenvalue weighted by Gasteiger charge is -2.21. The van der Waals surface area contributed by atoms with E-state index in [4.69, 9.17) is 15.2 Å². The molecule has 7 nitrogen and oxygen atoms in total. The molecular formula is C14H22N3O4+. The van der Waals surface area contributed by atoms with E-state index in [1.807, 2.05) is 19.2 Å². The van der Waals surface area contributed by atoms with Gasteiger partial charge in [0, 0.05) is 11.6 Å². The fourth-order valence-corrected chi connectivity index (χ4v) is 1.90. The first-order valence-electron chi connectivity index (χ1n) is 6.52. The van der Waals surface area contributed by atoms with E-state index in [9.17, 15) is 9.59 Å². The van der Waals surface area contributed by atoms with E-state index >= 15 is 0 Å². The lowest BCUT2D eigenvalue weighted by atomic mass is 10.1. The third-order valence-corrected chi connectivity index (χ3v) is 3.34. The van der Waals surface area contributed by atoms with Gasteiger partial charge in [0.2, 0.25) is 0 Å². The molecule has 0 aromatic heterocycles. The Labute approximate surface area is 124 Å². The number of quaternary nitrogens is 1. The fraction of sp³-hybridized carbons (Fsp3) is 0.429. The Morgan fingerprint density at radius 1 is 1.33 bits per heavy atom.